The number of ether oxygens (including phenoxy) is 1. The first-order chi connectivity index (χ1) is 14.5. The second kappa shape index (κ2) is 8.76. The first-order valence-corrected chi connectivity index (χ1v) is 9.79. The molecule has 2 aromatic carbocycles. The predicted molar refractivity (Wildman–Crippen MR) is 111 cm³/mol. The average Bonchev–Trinajstić information content (AvgIpc) is 2.70. The maximum Gasteiger partial charge on any atom is 0.146 e. The van der Waals surface area contributed by atoms with E-state index in [-0.39, 0.29) is 29.6 Å². The predicted octanol–water partition coefficient (Wildman–Crippen LogP) is 3.07. The number of hydrogen-bond donors (Lipinski definition) is 3. The van der Waals surface area contributed by atoms with Gasteiger partial charge in [0.2, 0.25) is 0 Å². The van der Waals surface area contributed by atoms with Crippen molar-refractivity contribution >= 4 is 28.1 Å². The number of rotatable bonds is 6. The van der Waals surface area contributed by atoms with Crippen molar-refractivity contribution in [3.8, 4) is 5.75 Å². The summed E-state index contributed by atoms with van der Waals surface area (Å²) in [6.45, 7) is 2.19. The molecule has 1 aliphatic rings. The molecule has 0 bridgehead atoms. The van der Waals surface area contributed by atoms with Gasteiger partial charge in [-0.05, 0) is 43.7 Å². The van der Waals surface area contributed by atoms with Crippen molar-refractivity contribution in [2.75, 3.05) is 37.3 Å². The van der Waals surface area contributed by atoms with Crippen LogP contribution in [-0.2, 0) is 0 Å². The largest absolute Gasteiger partial charge is 0.487 e. The number of piperidine rings is 1. The number of hydrogen-bond acceptors (Lipinski definition) is 7. The van der Waals surface area contributed by atoms with E-state index < -0.39 is 11.6 Å². The Bertz CT molecular complexity index is 1050. The second-order valence-corrected chi connectivity index (χ2v) is 7.29. The van der Waals surface area contributed by atoms with Crippen molar-refractivity contribution in [2.24, 2.45) is 0 Å². The molecule has 0 unspecified atom stereocenters. The van der Waals surface area contributed by atoms with Crippen LogP contribution in [0.15, 0.2) is 36.7 Å². The highest BCUT2D eigenvalue weighted by atomic mass is 19.1. The highest BCUT2D eigenvalue weighted by molar-refractivity contribution is 5.93. The quantitative estimate of drug-likeness (QED) is 0.533. The molecular formula is C21H23F2N5O2. The molecule has 7 nitrogen and oxygen atoms in total. The summed E-state index contributed by atoms with van der Waals surface area (Å²) in [5.41, 5.74) is 6.79. The number of β-amino-alcohol motifs (C(OH)–C–C–N with tert-alkyl or cyclic N) is 1. The van der Waals surface area contributed by atoms with Gasteiger partial charge in [-0.3, -0.25) is 4.90 Å². The fourth-order valence-electron chi connectivity index (χ4n) is 3.71. The van der Waals surface area contributed by atoms with E-state index >= 15 is 0 Å². The van der Waals surface area contributed by atoms with Gasteiger partial charge in [0.05, 0.1) is 23.2 Å². The smallest absolute Gasteiger partial charge is 0.146 e. The normalized spacial score (nSPS) is 17.2. The van der Waals surface area contributed by atoms with Gasteiger partial charge in [-0.1, -0.05) is 0 Å². The van der Waals surface area contributed by atoms with E-state index in [4.69, 9.17) is 10.5 Å². The zero-order valence-corrected chi connectivity index (χ0v) is 16.3. The van der Waals surface area contributed by atoms with Crippen LogP contribution in [0.1, 0.15) is 12.8 Å². The molecule has 30 heavy (non-hydrogen) atoms. The van der Waals surface area contributed by atoms with Crippen LogP contribution < -0.4 is 15.8 Å². The number of fused-ring (bicyclic) bond motifs is 1. The summed E-state index contributed by atoms with van der Waals surface area (Å²) >= 11 is 0. The number of aromatic nitrogens is 2. The summed E-state index contributed by atoms with van der Waals surface area (Å²) in [6, 6.07) is 6.89. The maximum absolute atomic E-state index is 14.5. The van der Waals surface area contributed by atoms with E-state index in [0.29, 0.717) is 30.0 Å². The molecule has 0 saturated carbocycles. The van der Waals surface area contributed by atoms with Crippen molar-refractivity contribution in [3.63, 3.8) is 0 Å². The SMILES string of the molecule is Nc1cc(F)c2c(Nc3ccc(F)cc3O[C@@H]3CCCN(CCO)C3)ncnc2c1. The number of nitrogens with two attached hydrogens (primary N) is 1. The molecule has 1 aliphatic heterocycles. The van der Waals surface area contributed by atoms with Crippen LogP contribution in [0, 0.1) is 11.6 Å². The summed E-state index contributed by atoms with van der Waals surface area (Å²) in [5, 5.41) is 12.4. The molecule has 9 heteroatoms. The van der Waals surface area contributed by atoms with E-state index in [1.54, 1.807) is 6.07 Å². The van der Waals surface area contributed by atoms with Crippen molar-refractivity contribution in [1.82, 2.24) is 14.9 Å². The lowest BCUT2D eigenvalue weighted by Crippen LogP contribution is -2.42. The van der Waals surface area contributed by atoms with Crippen LogP contribution in [0.5, 0.6) is 5.75 Å². The average molecular weight is 415 g/mol. The highest BCUT2D eigenvalue weighted by Crippen LogP contribution is 2.33. The Morgan fingerprint density at radius 2 is 2.10 bits per heavy atom. The van der Waals surface area contributed by atoms with Gasteiger partial charge >= 0.3 is 0 Å². The number of aliphatic hydroxyl groups is 1. The summed E-state index contributed by atoms with van der Waals surface area (Å²) in [6.07, 6.45) is 2.90. The zero-order chi connectivity index (χ0) is 21.1. The molecule has 4 N–H and O–H groups in total. The first-order valence-electron chi connectivity index (χ1n) is 9.79. The van der Waals surface area contributed by atoms with E-state index in [2.05, 4.69) is 20.2 Å². The number of anilines is 3. The van der Waals surface area contributed by atoms with Gasteiger partial charge in [0.15, 0.2) is 0 Å². The van der Waals surface area contributed by atoms with E-state index in [1.165, 1.54) is 30.6 Å². The molecule has 3 aromatic rings. The summed E-state index contributed by atoms with van der Waals surface area (Å²) in [4.78, 5) is 10.3. The minimum Gasteiger partial charge on any atom is -0.487 e. The maximum atomic E-state index is 14.5. The van der Waals surface area contributed by atoms with E-state index in [1.807, 2.05) is 0 Å². The minimum atomic E-state index is -0.551. The van der Waals surface area contributed by atoms with E-state index in [0.717, 1.165) is 19.4 Å². The van der Waals surface area contributed by atoms with Gasteiger partial charge in [-0.15, -0.1) is 0 Å². The van der Waals surface area contributed by atoms with E-state index in [9.17, 15) is 13.9 Å². The first kappa shape index (κ1) is 20.2. The minimum absolute atomic E-state index is 0.0797. The van der Waals surface area contributed by atoms with Crippen LogP contribution in [0.4, 0.5) is 26.0 Å². The Kier molecular flexibility index (Phi) is 5.91. The third-order valence-corrected chi connectivity index (χ3v) is 5.08. The van der Waals surface area contributed by atoms with Crippen molar-refractivity contribution in [1.29, 1.82) is 0 Å². The van der Waals surface area contributed by atoms with Gasteiger partial charge in [0, 0.05) is 24.8 Å². The molecule has 2 heterocycles. The molecule has 0 aliphatic carbocycles. The summed E-state index contributed by atoms with van der Waals surface area (Å²) < 4.78 is 34.6. The third kappa shape index (κ3) is 4.42. The number of nitrogens with one attached hydrogen (secondary N) is 1. The second-order valence-electron chi connectivity index (χ2n) is 7.29. The Morgan fingerprint density at radius 3 is 2.93 bits per heavy atom. The zero-order valence-electron chi connectivity index (χ0n) is 16.3. The molecule has 4 rings (SSSR count). The number of nitrogen functional groups attached to an aromatic ring is 1. The Morgan fingerprint density at radius 1 is 1.23 bits per heavy atom. The van der Waals surface area contributed by atoms with Crippen molar-refractivity contribution in [3.05, 3.63) is 48.3 Å². The summed E-state index contributed by atoms with van der Waals surface area (Å²) in [7, 11) is 0. The topological polar surface area (TPSA) is 96.5 Å². The molecule has 1 saturated heterocycles. The van der Waals surface area contributed by atoms with Crippen molar-refractivity contribution in [2.45, 2.75) is 18.9 Å². The van der Waals surface area contributed by atoms with Crippen LogP contribution in [-0.4, -0.2) is 52.3 Å². The standard InChI is InChI=1S/C21H23F2N5O2/c22-13-3-4-17(19(8-13)30-15-2-1-5-28(11-15)6-7-29)27-21-20-16(23)9-14(24)10-18(20)25-12-26-21/h3-4,8-10,12,15,29H,1-2,5-7,11,24H2,(H,25,26,27)/t15-/m1/s1. The van der Waals surface area contributed by atoms with Gasteiger partial charge in [-0.2, -0.15) is 0 Å². The molecule has 0 radical (unpaired) electrons. The molecular weight excluding hydrogens is 392 g/mol. The van der Waals surface area contributed by atoms with Crippen LogP contribution in [0.2, 0.25) is 0 Å². The number of likely N-dealkylation sites (tertiary alicyclic amines) is 1. The number of benzene rings is 2. The monoisotopic (exact) mass is 415 g/mol. The number of nitrogens with zero attached hydrogens (tertiary/aromatic N) is 3. The lowest BCUT2D eigenvalue weighted by atomic mass is 10.1. The molecule has 0 amide bonds. The lowest BCUT2D eigenvalue weighted by Gasteiger charge is -2.32. The fraction of sp³-hybridized carbons (Fsp3) is 0.333. The van der Waals surface area contributed by atoms with Crippen molar-refractivity contribution < 1.29 is 18.6 Å². The molecule has 1 fully saturated rings. The molecule has 0 spiro atoms. The molecule has 158 valence electrons. The fourth-order valence-corrected chi connectivity index (χ4v) is 3.71. The molecule has 1 aromatic heterocycles. The Hall–Kier alpha value is -3.04. The number of halogens is 2. The van der Waals surface area contributed by atoms with Gasteiger partial charge in [0.1, 0.15) is 35.6 Å². The van der Waals surface area contributed by atoms with Gasteiger partial charge < -0.3 is 20.9 Å². The van der Waals surface area contributed by atoms with Gasteiger partial charge in [0.25, 0.3) is 0 Å². The number of aliphatic hydroxyl groups excluding tert-OH is 1. The van der Waals surface area contributed by atoms with Gasteiger partial charge in [-0.25, -0.2) is 18.7 Å². The highest BCUT2D eigenvalue weighted by Gasteiger charge is 2.22. The Balaban J connectivity index is 1.62. The molecule has 1 atom stereocenters. The Labute approximate surface area is 172 Å². The van der Waals surface area contributed by atoms with Crippen LogP contribution in [0.3, 0.4) is 0 Å². The summed E-state index contributed by atoms with van der Waals surface area (Å²) in [5.74, 6) is -0.442. The van der Waals surface area contributed by atoms with Crippen LogP contribution in [0.25, 0.3) is 10.9 Å². The van der Waals surface area contributed by atoms with Crippen LogP contribution >= 0.6 is 0 Å². The third-order valence-electron chi connectivity index (χ3n) is 5.08. The lowest BCUT2D eigenvalue weighted by molar-refractivity contribution is 0.0770.